The van der Waals surface area contributed by atoms with Crippen molar-refractivity contribution in [2.45, 2.75) is 57.7 Å². The average Bonchev–Trinajstić information content (AvgIpc) is 3.21. The van der Waals surface area contributed by atoms with Crippen molar-refractivity contribution in [3.63, 3.8) is 0 Å². The van der Waals surface area contributed by atoms with E-state index in [9.17, 15) is 4.79 Å². The van der Waals surface area contributed by atoms with E-state index in [0.717, 1.165) is 36.3 Å². The van der Waals surface area contributed by atoms with Gasteiger partial charge in [-0.1, -0.05) is 23.7 Å². The van der Waals surface area contributed by atoms with Crippen molar-refractivity contribution in [1.82, 2.24) is 4.90 Å². The van der Waals surface area contributed by atoms with Crippen LogP contribution >= 0.6 is 11.6 Å². The first-order chi connectivity index (χ1) is 9.56. The van der Waals surface area contributed by atoms with E-state index in [0.29, 0.717) is 19.0 Å². The summed E-state index contributed by atoms with van der Waals surface area (Å²) in [7, 11) is 0. The number of hydrogen-bond donors (Lipinski definition) is 1. The van der Waals surface area contributed by atoms with E-state index in [1.54, 1.807) is 0 Å². The Kier molecular flexibility index (Phi) is 5.44. The maximum atomic E-state index is 12.3. The molecule has 0 bridgehead atoms. The molecule has 2 N–H and O–H groups in total. The molecule has 1 fully saturated rings. The standard InChI is InChI=1S/C16H23ClN2O/c1-12(18)3-2-4-16(20)19(15-9-10-15)11-13-5-7-14(17)8-6-13/h5-8,12,15H,2-4,9-11,18H2,1H3. The van der Waals surface area contributed by atoms with E-state index in [-0.39, 0.29) is 11.9 Å². The molecule has 110 valence electrons. The zero-order valence-electron chi connectivity index (χ0n) is 12.0. The van der Waals surface area contributed by atoms with E-state index < -0.39 is 0 Å². The molecule has 1 amide bonds. The van der Waals surface area contributed by atoms with Gasteiger partial charge in [0.25, 0.3) is 0 Å². The van der Waals surface area contributed by atoms with Gasteiger partial charge in [0.2, 0.25) is 5.91 Å². The molecule has 1 aromatic carbocycles. The van der Waals surface area contributed by atoms with Gasteiger partial charge in [0, 0.05) is 30.1 Å². The smallest absolute Gasteiger partial charge is 0.223 e. The van der Waals surface area contributed by atoms with Crippen LogP contribution in [0, 0.1) is 0 Å². The lowest BCUT2D eigenvalue weighted by Gasteiger charge is -2.23. The van der Waals surface area contributed by atoms with Crippen LogP contribution in [0.2, 0.25) is 5.02 Å². The minimum Gasteiger partial charge on any atom is -0.335 e. The first kappa shape index (κ1) is 15.3. The Balaban J connectivity index is 1.89. The fourth-order valence-electron chi connectivity index (χ4n) is 2.31. The number of nitrogens with two attached hydrogens (primary N) is 1. The van der Waals surface area contributed by atoms with Gasteiger partial charge >= 0.3 is 0 Å². The molecule has 2 rings (SSSR count). The molecule has 0 heterocycles. The highest BCUT2D eigenvalue weighted by atomic mass is 35.5. The van der Waals surface area contributed by atoms with Gasteiger partial charge in [-0.15, -0.1) is 0 Å². The van der Waals surface area contributed by atoms with Crippen LogP contribution in [-0.4, -0.2) is 22.9 Å². The Morgan fingerprint density at radius 1 is 1.40 bits per heavy atom. The van der Waals surface area contributed by atoms with Crippen LogP contribution in [-0.2, 0) is 11.3 Å². The van der Waals surface area contributed by atoms with Crippen molar-refractivity contribution in [1.29, 1.82) is 0 Å². The highest BCUT2D eigenvalue weighted by Crippen LogP contribution is 2.29. The van der Waals surface area contributed by atoms with E-state index in [1.807, 2.05) is 36.1 Å². The number of amides is 1. The summed E-state index contributed by atoms with van der Waals surface area (Å²) >= 11 is 5.89. The second kappa shape index (κ2) is 7.09. The summed E-state index contributed by atoms with van der Waals surface area (Å²) in [6.07, 6.45) is 4.65. The fourth-order valence-corrected chi connectivity index (χ4v) is 2.44. The second-order valence-electron chi connectivity index (χ2n) is 5.75. The van der Waals surface area contributed by atoms with Crippen molar-refractivity contribution >= 4 is 17.5 Å². The van der Waals surface area contributed by atoms with E-state index >= 15 is 0 Å². The zero-order valence-corrected chi connectivity index (χ0v) is 12.8. The topological polar surface area (TPSA) is 46.3 Å². The van der Waals surface area contributed by atoms with E-state index in [2.05, 4.69) is 0 Å². The van der Waals surface area contributed by atoms with Crippen molar-refractivity contribution in [2.75, 3.05) is 0 Å². The molecular weight excluding hydrogens is 272 g/mol. The number of benzene rings is 1. The lowest BCUT2D eigenvalue weighted by molar-refractivity contribution is -0.132. The third kappa shape index (κ3) is 4.80. The average molecular weight is 295 g/mol. The van der Waals surface area contributed by atoms with E-state index in [1.165, 1.54) is 0 Å². The van der Waals surface area contributed by atoms with Crippen LogP contribution in [0.5, 0.6) is 0 Å². The number of carbonyl (C=O) groups is 1. The number of carbonyl (C=O) groups excluding carboxylic acids is 1. The van der Waals surface area contributed by atoms with Crippen LogP contribution in [0.4, 0.5) is 0 Å². The van der Waals surface area contributed by atoms with Crippen LogP contribution < -0.4 is 5.73 Å². The lowest BCUT2D eigenvalue weighted by Crippen LogP contribution is -2.32. The molecule has 0 aromatic heterocycles. The van der Waals surface area contributed by atoms with E-state index in [4.69, 9.17) is 17.3 Å². The third-order valence-corrected chi connectivity index (χ3v) is 3.88. The van der Waals surface area contributed by atoms with Crippen LogP contribution in [0.1, 0.15) is 44.6 Å². The molecule has 1 aromatic rings. The molecule has 0 spiro atoms. The first-order valence-corrected chi connectivity index (χ1v) is 7.73. The van der Waals surface area contributed by atoms with Gasteiger partial charge in [-0.3, -0.25) is 4.79 Å². The molecular formula is C16H23ClN2O. The van der Waals surface area contributed by atoms with Gasteiger partial charge in [-0.2, -0.15) is 0 Å². The van der Waals surface area contributed by atoms with Crippen molar-refractivity contribution in [2.24, 2.45) is 5.73 Å². The van der Waals surface area contributed by atoms with Gasteiger partial charge in [0.1, 0.15) is 0 Å². The van der Waals surface area contributed by atoms with Crippen molar-refractivity contribution < 1.29 is 4.79 Å². The first-order valence-electron chi connectivity index (χ1n) is 7.36. The van der Waals surface area contributed by atoms with Crippen LogP contribution in [0.25, 0.3) is 0 Å². The molecule has 1 saturated carbocycles. The quantitative estimate of drug-likeness (QED) is 0.838. The van der Waals surface area contributed by atoms with Crippen LogP contribution in [0.3, 0.4) is 0 Å². The highest BCUT2D eigenvalue weighted by molar-refractivity contribution is 6.30. The summed E-state index contributed by atoms with van der Waals surface area (Å²) in [6.45, 7) is 2.68. The maximum absolute atomic E-state index is 12.3. The molecule has 1 atom stereocenters. The summed E-state index contributed by atoms with van der Waals surface area (Å²) < 4.78 is 0. The van der Waals surface area contributed by atoms with Gasteiger partial charge in [-0.05, 0) is 50.3 Å². The minimum absolute atomic E-state index is 0.174. The Labute approximate surface area is 126 Å². The largest absolute Gasteiger partial charge is 0.335 e. The fraction of sp³-hybridized carbons (Fsp3) is 0.562. The minimum atomic E-state index is 0.174. The molecule has 1 aliphatic carbocycles. The van der Waals surface area contributed by atoms with Crippen molar-refractivity contribution in [3.05, 3.63) is 34.9 Å². The molecule has 0 saturated heterocycles. The predicted octanol–water partition coefficient (Wildman–Crippen LogP) is 3.35. The molecule has 0 aliphatic heterocycles. The van der Waals surface area contributed by atoms with Gasteiger partial charge in [-0.25, -0.2) is 0 Å². The number of halogens is 1. The zero-order chi connectivity index (χ0) is 14.5. The summed E-state index contributed by atoms with van der Waals surface area (Å²) in [4.78, 5) is 14.4. The molecule has 4 heteroatoms. The summed E-state index contributed by atoms with van der Waals surface area (Å²) in [5.74, 6) is 0.253. The molecule has 3 nitrogen and oxygen atoms in total. The molecule has 0 radical (unpaired) electrons. The Hall–Kier alpha value is -1.06. The molecule has 20 heavy (non-hydrogen) atoms. The summed E-state index contributed by atoms with van der Waals surface area (Å²) in [5.41, 5.74) is 6.87. The summed E-state index contributed by atoms with van der Waals surface area (Å²) in [5, 5.41) is 0.731. The van der Waals surface area contributed by atoms with Crippen LogP contribution in [0.15, 0.2) is 24.3 Å². The Bertz CT molecular complexity index is 440. The number of rotatable bonds is 7. The number of hydrogen-bond acceptors (Lipinski definition) is 2. The van der Waals surface area contributed by atoms with Gasteiger partial charge in [0.15, 0.2) is 0 Å². The lowest BCUT2D eigenvalue weighted by atomic mass is 10.1. The SMILES string of the molecule is CC(N)CCCC(=O)N(Cc1ccc(Cl)cc1)C1CC1. The Morgan fingerprint density at radius 2 is 2.05 bits per heavy atom. The molecule has 1 unspecified atom stereocenters. The Morgan fingerprint density at radius 3 is 2.60 bits per heavy atom. The monoisotopic (exact) mass is 294 g/mol. The van der Waals surface area contributed by atoms with Crippen molar-refractivity contribution in [3.8, 4) is 0 Å². The normalized spacial score (nSPS) is 15.9. The second-order valence-corrected chi connectivity index (χ2v) is 6.19. The maximum Gasteiger partial charge on any atom is 0.223 e. The number of nitrogens with zero attached hydrogens (tertiary/aromatic N) is 1. The summed E-state index contributed by atoms with van der Waals surface area (Å²) in [6, 6.07) is 8.35. The third-order valence-electron chi connectivity index (χ3n) is 3.62. The molecule has 1 aliphatic rings. The van der Waals surface area contributed by atoms with Gasteiger partial charge < -0.3 is 10.6 Å². The predicted molar refractivity (Wildman–Crippen MR) is 82.5 cm³/mol. The highest BCUT2D eigenvalue weighted by Gasteiger charge is 2.32. The van der Waals surface area contributed by atoms with Gasteiger partial charge in [0.05, 0.1) is 0 Å².